The number of halogens is 2. The number of rotatable bonds is 8. The summed E-state index contributed by atoms with van der Waals surface area (Å²) in [7, 11) is 0. The summed E-state index contributed by atoms with van der Waals surface area (Å²) in [4.78, 5) is 0. The van der Waals surface area contributed by atoms with Gasteiger partial charge in [-0.1, -0.05) is 0 Å². The van der Waals surface area contributed by atoms with Gasteiger partial charge in [0.2, 0.25) is 0 Å². The van der Waals surface area contributed by atoms with Crippen LogP contribution >= 0.6 is 24.8 Å². The monoisotopic (exact) mass is 906 g/mol. The normalized spacial score (nSPS) is 13.3. The van der Waals surface area contributed by atoms with Crippen molar-refractivity contribution in [2.24, 2.45) is 0 Å². The average molecular weight is 909 g/mol. The van der Waals surface area contributed by atoms with Gasteiger partial charge in [0.25, 0.3) is 0 Å². The first-order valence-corrected chi connectivity index (χ1v) is 25.2. The molecule has 0 unspecified atom stereocenters. The molecule has 8 rings (SSSR count). The quantitative estimate of drug-likeness (QED) is 0.143. The van der Waals surface area contributed by atoms with E-state index in [-0.39, 0.29) is 35.6 Å². The number of allylic oxidation sites excluding steroid dienone is 4. The Balaban J connectivity index is 0.00000302. The number of benzene rings is 6. The standard InChI is InChI=1S/C37H41.C15H14.C5H5.2ClH.Zr/c1-22-11-23(2)14-26(13-22)32-18-28-17-29-19-33(27-15-24(3)12-25(4)16-27)35(37(8,9)10)21-31(29)30(28)20-34(32)36(5,6)7;1-3-8-14(9-4-1)12-7-13-15-10-5-2-6-11-15;1-2-4-5-3-1;;;/h11-21H,1-10H3;1-6,8-11H,12-13H2;1-3H,4H2;2*1H;. The molecule has 3 heteroatoms. The van der Waals surface area contributed by atoms with Gasteiger partial charge in [0, 0.05) is 0 Å². The Labute approximate surface area is 381 Å². The third-order valence-corrected chi connectivity index (χ3v) is 20.6. The fourth-order valence-electron chi connectivity index (χ4n) is 9.84. The van der Waals surface area contributed by atoms with Crippen LogP contribution in [0.3, 0.4) is 0 Å². The molecule has 60 heavy (non-hydrogen) atoms. The molecule has 0 radical (unpaired) electrons. The summed E-state index contributed by atoms with van der Waals surface area (Å²) in [6.45, 7) is 23.4. The molecule has 0 saturated carbocycles. The van der Waals surface area contributed by atoms with Crippen LogP contribution in [0.1, 0.15) is 107 Å². The fraction of sp³-hybridized carbons (Fsp3) is 0.281. The van der Waals surface area contributed by atoms with Crippen LogP contribution in [0, 0.1) is 27.7 Å². The Bertz CT molecular complexity index is 2430. The van der Waals surface area contributed by atoms with E-state index >= 15 is 0 Å². The first-order valence-electron chi connectivity index (χ1n) is 21.3. The number of hydrogen-bond acceptors (Lipinski definition) is 0. The molecule has 2 aliphatic carbocycles. The van der Waals surface area contributed by atoms with Crippen molar-refractivity contribution in [3.05, 3.63) is 198 Å². The zero-order valence-electron chi connectivity index (χ0n) is 37.3. The fourth-order valence-corrected chi connectivity index (χ4v) is 19.0. The van der Waals surface area contributed by atoms with Crippen molar-refractivity contribution < 1.29 is 21.3 Å². The average Bonchev–Trinajstić information content (AvgIpc) is 3.80. The van der Waals surface area contributed by atoms with Gasteiger partial charge in [0.05, 0.1) is 0 Å². The van der Waals surface area contributed by atoms with E-state index in [0.717, 1.165) is 19.3 Å². The Kier molecular flexibility index (Phi) is 13.9. The molecule has 0 heterocycles. The van der Waals surface area contributed by atoms with Crippen molar-refractivity contribution >= 4 is 28.0 Å². The summed E-state index contributed by atoms with van der Waals surface area (Å²) in [5, 5.41) is 0. The Morgan fingerprint density at radius 2 is 0.917 bits per heavy atom. The summed E-state index contributed by atoms with van der Waals surface area (Å²) in [6, 6.07) is 47.6. The number of aryl methyl sites for hydroxylation is 4. The second-order valence-electron chi connectivity index (χ2n) is 19.3. The van der Waals surface area contributed by atoms with E-state index < -0.39 is 21.3 Å². The molecule has 2 aliphatic rings. The third kappa shape index (κ3) is 9.46. The maximum absolute atomic E-state index is 2.83. The molecular formula is C57H62Cl2Zr. The van der Waals surface area contributed by atoms with E-state index in [1.807, 2.05) is 0 Å². The van der Waals surface area contributed by atoms with Crippen molar-refractivity contribution in [1.29, 1.82) is 0 Å². The molecule has 0 aromatic heterocycles. The minimum absolute atomic E-state index is 0. The summed E-state index contributed by atoms with van der Waals surface area (Å²) in [5.74, 6) is 0. The molecule has 0 atom stereocenters. The SMILES string of the molecule is Cc1cc(C)cc(-c2cc3c(cc2C(C)(C)C)-c2cc(C(C)(C)C)c(-c4cc(C)cc(C)c4)cc2[CH]3[Zr]([C]2=CC=CC2)=[C](Cc2ccccc2)Cc2ccccc2)c1.Cl.Cl. The van der Waals surface area contributed by atoms with Gasteiger partial charge in [-0.05, 0) is 0 Å². The first-order chi connectivity index (χ1) is 27.6. The van der Waals surface area contributed by atoms with Crippen molar-refractivity contribution in [1.82, 2.24) is 0 Å². The first kappa shape index (κ1) is 45.7. The van der Waals surface area contributed by atoms with Crippen LogP contribution in [0.2, 0.25) is 0 Å². The van der Waals surface area contributed by atoms with Gasteiger partial charge in [-0.2, -0.15) is 0 Å². The molecule has 0 nitrogen and oxygen atoms in total. The van der Waals surface area contributed by atoms with Crippen molar-refractivity contribution in [3.63, 3.8) is 0 Å². The topological polar surface area (TPSA) is 0 Å². The molecule has 0 saturated heterocycles. The molecular weight excluding hydrogens is 847 g/mol. The predicted octanol–water partition coefficient (Wildman–Crippen LogP) is 15.9. The van der Waals surface area contributed by atoms with Gasteiger partial charge < -0.3 is 0 Å². The summed E-state index contributed by atoms with van der Waals surface area (Å²) in [5.41, 5.74) is 22.4. The van der Waals surface area contributed by atoms with E-state index in [2.05, 4.69) is 209 Å². The molecule has 0 spiro atoms. The van der Waals surface area contributed by atoms with Crippen LogP contribution in [-0.4, -0.2) is 3.21 Å². The van der Waals surface area contributed by atoms with Gasteiger partial charge in [0.15, 0.2) is 0 Å². The summed E-state index contributed by atoms with van der Waals surface area (Å²) in [6.07, 6.45) is 10.4. The van der Waals surface area contributed by atoms with Crippen LogP contribution in [0.4, 0.5) is 0 Å². The minimum Gasteiger partial charge on any atom is -0.147 e. The molecule has 6 aromatic carbocycles. The van der Waals surface area contributed by atoms with E-state index in [1.165, 1.54) is 77.9 Å². The third-order valence-electron chi connectivity index (χ3n) is 12.3. The zero-order valence-corrected chi connectivity index (χ0v) is 41.4. The molecule has 6 aromatic rings. The van der Waals surface area contributed by atoms with E-state index in [4.69, 9.17) is 0 Å². The van der Waals surface area contributed by atoms with Gasteiger partial charge in [-0.15, -0.1) is 24.8 Å². The van der Waals surface area contributed by atoms with E-state index in [0.29, 0.717) is 3.63 Å². The Hall–Kier alpha value is -3.87. The van der Waals surface area contributed by atoms with Crippen LogP contribution in [0.15, 0.2) is 143 Å². The predicted molar refractivity (Wildman–Crippen MR) is 263 cm³/mol. The van der Waals surface area contributed by atoms with Crippen molar-refractivity contribution in [2.75, 3.05) is 0 Å². The van der Waals surface area contributed by atoms with E-state index in [9.17, 15) is 0 Å². The van der Waals surface area contributed by atoms with Crippen LogP contribution < -0.4 is 0 Å². The van der Waals surface area contributed by atoms with Crippen LogP contribution in [0.25, 0.3) is 33.4 Å². The largest absolute Gasteiger partial charge is 0.147 e. The minimum atomic E-state index is -2.83. The van der Waals surface area contributed by atoms with Crippen molar-refractivity contribution in [3.8, 4) is 33.4 Å². The van der Waals surface area contributed by atoms with Gasteiger partial charge in [0.1, 0.15) is 0 Å². The van der Waals surface area contributed by atoms with E-state index in [1.54, 1.807) is 17.6 Å². The van der Waals surface area contributed by atoms with Gasteiger partial charge in [-0.3, -0.25) is 0 Å². The molecule has 0 N–H and O–H groups in total. The summed E-state index contributed by atoms with van der Waals surface area (Å²) >= 11 is -2.83. The van der Waals surface area contributed by atoms with Gasteiger partial charge in [-0.25, -0.2) is 0 Å². The Morgan fingerprint density at radius 3 is 1.27 bits per heavy atom. The van der Waals surface area contributed by atoms with Crippen LogP contribution in [-0.2, 0) is 44.9 Å². The molecule has 0 fully saturated rings. The maximum Gasteiger partial charge on any atom is -0.147 e. The maximum atomic E-state index is 2.69. The summed E-state index contributed by atoms with van der Waals surface area (Å²) < 4.78 is 3.84. The number of fused-ring (bicyclic) bond motifs is 3. The molecule has 308 valence electrons. The number of hydrogen-bond donors (Lipinski definition) is 0. The van der Waals surface area contributed by atoms with Crippen molar-refractivity contribution in [2.45, 2.75) is 103 Å². The molecule has 0 bridgehead atoms. The second-order valence-corrected chi connectivity index (χ2v) is 26.1. The smallest absolute Gasteiger partial charge is 0.147 e. The van der Waals surface area contributed by atoms with Gasteiger partial charge >= 0.3 is 359 Å². The molecule has 0 amide bonds. The molecule has 0 aliphatic heterocycles. The second kappa shape index (κ2) is 18.2. The Morgan fingerprint density at radius 1 is 0.517 bits per heavy atom. The van der Waals surface area contributed by atoms with Crippen LogP contribution in [0.5, 0.6) is 0 Å². The zero-order chi connectivity index (χ0) is 40.9.